The fraction of sp³-hybridized carbons (Fsp3) is 0. The fourth-order valence-electron chi connectivity index (χ4n) is 3.12. The Balaban J connectivity index is 1.54. The molecule has 0 saturated heterocycles. The summed E-state index contributed by atoms with van der Waals surface area (Å²) in [5, 5.41) is 1.16. The molecule has 0 aliphatic carbocycles. The second kappa shape index (κ2) is 10.8. The first kappa shape index (κ1) is 24.6. The monoisotopic (exact) mass is 620 g/mol. The first-order valence-corrected chi connectivity index (χ1v) is 16.9. The van der Waals surface area contributed by atoms with Gasteiger partial charge in [0, 0.05) is 0 Å². The van der Waals surface area contributed by atoms with Crippen LogP contribution in [0.25, 0.3) is 0 Å². The normalized spacial score (nSPS) is 10.8. The Kier molecular flexibility index (Phi) is 7.80. The molecule has 0 atom stereocenters. The van der Waals surface area contributed by atoms with Crippen LogP contribution in [-0.2, 0) is 0 Å². The summed E-state index contributed by atoms with van der Waals surface area (Å²) in [6.07, 6.45) is 0. The Morgan fingerprint density at radius 2 is 0.853 bits per heavy atom. The molecule has 4 aromatic rings. The molecule has 0 heterocycles. The predicted octanol–water partition coefficient (Wildman–Crippen LogP) is 3.89. The van der Waals surface area contributed by atoms with E-state index >= 15 is 0 Å². The van der Waals surface area contributed by atoms with Crippen LogP contribution in [0.15, 0.2) is 84.9 Å². The number of rotatable bonds is 7. The second-order valence-electron chi connectivity index (χ2n) is 7.34. The molecular weight excluding hydrogens is 601 g/mol. The fourth-order valence-corrected chi connectivity index (χ4v) is 10.3. The number of hydrogen-bond acceptors (Lipinski definition) is 4. The van der Waals surface area contributed by atoms with Gasteiger partial charge in [-0.05, 0) is 0 Å². The van der Waals surface area contributed by atoms with Crippen LogP contribution in [0.4, 0.5) is 11.4 Å². The molecule has 0 saturated carbocycles. The molecule has 4 aromatic carbocycles. The van der Waals surface area contributed by atoms with Crippen LogP contribution in [0, 0.1) is 0 Å². The van der Waals surface area contributed by atoms with Crippen molar-refractivity contribution in [2.75, 3.05) is 11.5 Å². The quantitative estimate of drug-likeness (QED) is 0.187. The van der Waals surface area contributed by atoms with Gasteiger partial charge in [0.05, 0.1) is 0 Å². The molecule has 0 fully saturated rings. The number of halogens is 2. The van der Waals surface area contributed by atoms with E-state index in [4.69, 9.17) is 34.7 Å². The van der Waals surface area contributed by atoms with Crippen LogP contribution in [0.1, 0.15) is 31.8 Å². The molecule has 4 nitrogen and oxygen atoms in total. The number of nitrogen functional groups attached to an aromatic ring is 2. The summed E-state index contributed by atoms with van der Waals surface area (Å²) in [5.74, 6) is -0.174. The molecule has 0 aliphatic rings. The summed E-state index contributed by atoms with van der Waals surface area (Å²) in [6.45, 7) is 0. The SMILES string of the molecule is Nc1ccc(C(=O)c2ccc(Cl)cc2)cc1[Se][Se]c1cc(C(=O)c2ccc(Cl)cc2)ccc1N. The van der Waals surface area contributed by atoms with Gasteiger partial charge in [-0.3, -0.25) is 0 Å². The van der Waals surface area contributed by atoms with E-state index in [1.807, 2.05) is 12.1 Å². The van der Waals surface area contributed by atoms with E-state index < -0.39 is 0 Å². The number of nitrogens with two attached hydrogens (primary N) is 2. The number of hydrogen-bond donors (Lipinski definition) is 2. The Bertz CT molecular complexity index is 1270. The Morgan fingerprint density at radius 1 is 0.529 bits per heavy atom. The van der Waals surface area contributed by atoms with E-state index in [1.54, 1.807) is 72.8 Å². The summed E-state index contributed by atoms with van der Waals surface area (Å²) in [6, 6.07) is 24.3. The zero-order valence-corrected chi connectivity index (χ0v) is 22.6. The second-order valence-corrected chi connectivity index (χ2v) is 14.4. The van der Waals surface area contributed by atoms with E-state index in [1.165, 1.54) is 0 Å². The van der Waals surface area contributed by atoms with E-state index in [0.29, 0.717) is 43.7 Å². The van der Waals surface area contributed by atoms with E-state index in [-0.39, 0.29) is 37.8 Å². The van der Waals surface area contributed by atoms with Gasteiger partial charge in [0.25, 0.3) is 0 Å². The van der Waals surface area contributed by atoms with Crippen molar-refractivity contribution >= 4 is 81.3 Å². The molecule has 0 aromatic heterocycles. The zero-order chi connectivity index (χ0) is 24.2. The van der Waals surface area contributed by atoms with Crippen molar-refractivity contribution in [1.29, 1.82) is 0 Å². The van der Waals surface area contributed by atoms with Crippen molar-refractivity contribution in [2.24, 2.45) is 0 Å². The van der Waals surface area contributed by atoms with Crippen molar-refractivity contribution in [1.82, 2.24) is 0 Å². The van der Waals surface area contributed by atoms with Crippen molar-refractivity contribution < 1.29 is 9.59 Å². The van der Waals surface area contributed by atoms with Crippen LogP contribution in [0.5, 0.6) is 0 Å². The molecule has 0 spiro atoms. The van der Waals surface area contributed by atoms with Crippen LogP contribution < -0.4 is 20.4 Å². The molecular formula is C26H18Cl2N2O2Se2. The standard InChI is InChI=1S/C26H18Cl2N2O2Se2/c27-19-7-1-15(2-8-19)25(31)17-5-11-21(29)23(13-17)33-34-24-14-18(6-12-22(24)30)26(32)16-3-9-20(28)10-4-16/h1-14H,29-30H2. The van der Waals surface area contributed by atoms with Crippen molar-refractivity contribution in [3.63, 3.8) is 0 Å². The van der Waals surface area contributed by atoms with Gasteiger partial charge in [-0.15, -0.1) is 0 Å². The molecule has 4 N–H and O–H groups in total. The van der Waals surface area contributed by atoms with Gasteiger partial charge in [0.15, 0.2) is 0 Å². The number of carbonyl (C=O) groups is 2. The molecule has 4 rings (SSSR count). The van der Waals surface area contributed by atoms with Crippen LogP contribution in [-0.4, -0.2) is 37.8 Å². The molecule has 8 heteroatoms. The summed E-state index contributed by atoms with van der Waals surface area (Å²) in [4.78, 5) is 25.8. The third-order valence-corrected chi connectivity index (χ3v) is 12.7. The Hall–Kier alpha value is -2.56. The van der Waals surface area contributed by atoms with E-state index in [2.05, 4.69) is 0 Å². The van der Waals surface area contributed by atoms with Gasteiger partial charge >= 0.3 is 220 Å². The average molecular weight is 619 g/mol. The average Bonchev–Trinajstić information content (AvgIpc) is 2.84. The van der Waals surface area contributed by atoms with Crippen molar-refractivity contribution in [2.45, 2.75) is 0 Å². The van der Waals surface area contributed by atoms with Crippen molar-refractivity contribution in [3.05, 3.63) is 117 Å². The molecule has 0 aliphatic heterocycles. The van der Waals surface area contributed by atoms with Gasteiger partial charge in [-0.2, -0.15) is 0 Å². The number of ketones is 2. The summed E-state index contributed by atoms with van der Waals surface area (Å²) in [7, 11) is 0. The number of benzene rings is 4. The van der Waals surface area contributed by atoms with Gasteiger partial charge < -0.3 is 0 Å². The maximum atomic E-state index is 12.9. The van der Waals surface area contributed by atoms with Crippen LogP contribution in [0.2, 0.25) is 10.0 Å². The Morgan fingerprint density at radius 3 is 1.21 bits per heavy atom. The van der Waals surface area contributed by atoms with Gasteiger partial charge in [0.1, 0.15) is 0 Å². The minimum atomic E-state index is -0.0868. The topological polar surface area (TPSA) is 86.2 Å². The molecule has 0 amide bonds. The third-order valence-electron chi connectivity index (χ3n) is 4.99. The first-order chi connectivity index (χ1) is 16.3. The summed E-state index contributed by atoms with van der Waals surface area (Å²) < 4.78 is 1.86. The zero-order valence-electron chi connectivity index (χ0n) is 17.6. The predicted molar refractivity (Wildman–Crippen MR) is 142 cm³/mol. The van der Waals surface area contributed by atoms with E-state index in [0.717, 1.165) is 8.92 Å². The van der Waals surface area contributed by atoms with Gasteiger partial charge in [0.2, 0.25) is 0 Å². The Labute approximate surface area is 218 Å². The summed E-state index contributed by atoms with van der Waals surface area (Å²) in [5.41, 5.74) is 16.0. The van der Waals surface area contributed by atoms with Crippen molar-refractivity contribution in [3.8, 4) is 0 Å². The first-order valence-electron chi connectivity index (χ1n) is 10.1. The molecule has 170 valence electrons. The van der Waals surface area contributed by atoms with Crippen LogP contribution in [0.3, 0.4) is 0 Å². The van der Waals surface area contributed by atoms with E-state index in [9.17, 15) is 9.59 Å². The number of anilines is 2. The minimum absolute atomic E-state index is 0.0383. The number of carbonyl (C=O) groups excluding carboxylic acids is 2. The third kappa shape index (κ3) is 5.73. The maximum absolute atomic E-state index is 12.9. The van der Waals surface area contributed by atoms with Crippen LogP contribution >= 0.6 is 23.2 Å². The molecule has 34 heavy (non-hydrogen) atoms. The molecule has 0 unspecified atom stereocenters. The van der Waals surface area contributed by atoms with Gasteiger partial charge in [-0.25, -0.2) is 0 Å². The van der Waals surface area contributed by atoms with Gasteiger partial charge in [-0.1, -0.05) is 0 Å². The molecule has 0 radical (unpaired) electrons. The summed E-state index contributed by atoms with van der Waals surface area (Å²) >= 11 is 11.8. The molecule has 0 bridgehead atoms.